The molecule has 7 nitrogen and oxygen atoms in total. The molecule has 0 radical (unpaired) electrons. The molecule has 10 heteroatoms. The molecule has 0 spiro atoms. The first-order chi connectivity index (χ1) is 18.5. The van der Waals surface area contributed by atoms with Gasteiger partial charge in [0.1, 0.15) is 5.52 Å². The number of carboxylic acid groups (broad SMARTS) is 1. The number of aryl methyl sites for hydroxylation is 1. The van der Waals surface area contributed by atoms with Crippen LogP contribution in [0, 0.1) is 12.8 Å². The molecule has 202 valence electrons. The van der Waals surface area contributed by atoms with Crippen molar-refractivity contribution < 1.29 is 23.1 Å². The van der Waals surface area contributed by atoms with Crippen LogP contribution in [-0.4, -0.2) is 31.1 Å². The van der Waals surface area contributed by atoms with Gasteiger partial charge < -0.3 is 20.7 Å². The smallest absolute Gasteiger partial charge is 0.416 e. The van der Waals surface area contributed by atoms with Gasteiger partial charge in [-0.25, -0.2) is 14.8 Å². The molecule has 0 amide bonds. The molecular weight excluding hydrogens is 507 g/mol. The highest BCUT2D eigenvalue weighted by Crippen LogP contribution is 2.53. The van der Waals surface area contributed by atoms with E-state index in [9.17, 15) is 23.1 Å². The van der Waals surface area contributed by atoms with E-state index in [0.29, 0.717) is 28.3 Å². The zero-order chi connectivity index (χ0) is 27.5. The zero-order valence-corrected chi connectivity index (χ0v) is 21.3. The van der Waals surface area contributed by atoms with Crippen LogP contribution in [0.15, 0.2) is 48.5 Å². The molecule has 0 saturated heterocycles. The average Bonchev–Trinajstić information content (AvgIpc) is 3.49. The first-order valence-electron chi connectivity index (χ1n) is 13.0. The number of benzene rings is 2. The lowest BCUT2D eigenvalue weighted by atomic mass is 9.78. The predicted molar refractivity (Wildman–Crippen MR) is 143 cm³/mol. The maximum Gasteiger partial charge on any atom is 0.416 e. The largest absolute Gasteiger partial charge is 0.475 e. The van der Waals surface area contributed by atoms with Gasteiger partial charge in [0.05, 0.1) is 23.3 Å². The van der Waals surface area contributed by atoms with E-state index in [2.05, 4.69) is 15.3 Å². The number of hydrogen-bond donors (Lipinski definition) is 3. The van der Waals surface area contributed by atoms with Crippen LogP contribution < -0.4 is 11.1 Å². The number of rotatable bonds is 7. The summed E-state index contributed by atoms with van der Waals surface area (Å²) in [6.07, 6.45) is 0.855. The summed E-state index contributed by atoms with van der Waals surface area (Å²) in [5.41, 5.74) is 9.38. The summed E-state index contributed by atoms with van der Waals surface area (Å²) in [5, 5.41) is 13.4. The number of alkyl halides is 3. The average molecular weight is 536 g/mol. The van der Waals surface area contributed by atoms with Crippen LogP contribution in [-0.2, 0) is 12.7 Å². The number of fused-ring (bicyclic) bond motifs is 1. The molecule has 2 aromatic carbocycles. The van der Waals surface area contributed by atoms with Crippen LogP contribution in [0.2, 0.25) is 0 Å². The molecule has 2 aromatic heterocycles. The van der Waals surface area contributed by atoms with Crippen molar-refractivity contribution in [3.05, 3.63) is 71.0 Å². The fourth-order valence-corrected chi connectivity index (χ4v) is 5.61. The summed E-state index contributed by atoms with van der Waals surface area (Å²) >= 11 is 0. The van der Waals surface area contributed by atoms with Gasteiger partial charge in [-0.05, 0) is 73.9 Å². The molecule has 2 saturated carbocycles. The standard InChI is InChI=1S/C29H28F3N5O2/c1-16-4-2-5-17(12-16)23-14-22-24(37(23)15-18-8-9-20(13-21(18)33)29(30,31)32)25(35-26(34-22)27(38)39)36-28(10-11-28)19-6-3-7-19/h2,4-5,8-9,12-14,19H,3,6-7,10-11,15,33H2,1H3,(H,38,39)(H,34,35,36). The van der Waals surface area contributed by atoms with Crippen molar-refractivity contribution in [3.8, 4) is 11.3 Å². The van der Waals surface area contributed by atoms with E-state index in [1.165, 1.54) is 12.5 Å². The van der Waals surface area contributed by atoms with Gasteiger partial charge in [-0.15, -0.1) is 0 Å². The van der Waals surface area contributed by atoms with Crippen LogP contribution in [0.1, 0.15) is 59.4 Å². The lowest BCUT2D eigenvalue weighted by Crippen LogP contribution is -2.36. The Kier molecular flexibility index (Phi) is 5.82. The Labute approximate surface area is 222 Å². The Morgan fingerprint density at radius 3 is 2.51 bits per heavy atom. The minimum atomic E-state index is -4.50. The van der Waals surface area contributed by atoms with E-state index in [-0.39, 0.29) is 23.6 Å². The van der Waals surface area contributed by atoms with Gasteiger partial charge in [-0.2, -0.15) is 13.2 Å². The van der Waals surface area contributed by atoms with Crippen molar-refractivity contribution in [1.82, 2.24) is 14.5 Å². The number of carboxylic acids is 1. The lowest BCUT2D eigenvalue weighted by molar-refractivity contribution is -0.137. The van der Waals surface area contributed by atoms with Crippen LogP contribution in [0.3, 0.4) is 0 Å². The molecule has 0 aliphatic heterocycles. The molecule has 2 heterocycles. The Balaban J connectivity index is 1.54. The number of anilines is 2. The van der Waals surface area contributed by atoms with E-state index in [0.717, 1.165) is 54.6 Å². The van der Waals surface area contributed by atoms with Gasteiger partial charge in [0.15, 0.2) is 5.82 Å². The fourth-order valence-electron chi connectivity index (χ4n) is 5.61. The number of aromatic carboxylic acids is 1. The Morgan fingerprint density at radius 1 is 1.15 bits per heavy atom. The third kappa shape index (κ3) is 4.57. The van der Waals surface area contributed by atoms with Gasteiger partial charge in [-0.1, -0.05) is 36.2 Å². The Bertz CT molecular complexity index is 1600. The molecule has 2 aliphatic rings. The first kappa shape index (κ1) is 25.2. The highest BCUT2D eigenvalue weighted by atomic mass is 19.4. The third-order valence-electron chi connectivity index (χ3n) is 8.09. The van der Waals surface area contributed by atoms with E-state index in [4.69, 9.17) is 5.73 Å². The van der Waals surface area contributed by atoms with Gasteiger partial charge in [0, 0.05) is 11.2 Å². The minimum absolute atomic E-state index is 0.0209. The van der Waals surface area contributed by atoms with Crippen molar-refractivity contribution in [2.24, 2.45) is 5.92 Å². The topological polar surface area (TPSA) is 106 Å². The quantitative estimate of drug-likeness (QED) is 0.233. The monoisotopic (exact) mass is 535 g/mol. The second kappa shape index (κ2) is 9.00. The second-order valence-electron chi connectivity index (χ2n) is 10.7. The lowest BCUT2D eigenvalue weighted by Gasteiger charge is -2.35. The number of carbonyl (C=O) groups is 1. The molecule has 4 N–H and O–H groups in total. The summed E-state index contributed by atoms with van der Waals surface area (Å²) < 4.78 is 41.8. The van der Waals surface area contributed by atoms with E-state index in [1.54, 1.807) is 0 Å². The first-order valence-corrected chi connectivity index (χ1v) is 13.0. The summed E-state index contributed by atoms with van der Waals surface area (Å²) in [4.78, 5) is 20.8. The van der Waals surface area contributed by atoms with Gasteiger partial charge in [-0.3, -0.25) is 0 Å². The number of nitrogen functional groups attached to an aromatic ring is 1. The van der Waals surface area contributed by atoms with E-state index < -0.39 is 17.7 Å². The fraction of sp³-hybridized carbons (Fsp3) is 0.345. The summed E-state index contributed by atoms with van der Waals surface area (Å²) in [6.45, 7) is 2.12. The highest BCUT2D eigenvalue weighted by Gasteiger charge is 2.51. The Hall–Kier alpha value is -4.08. The van der Waals surface area contributed by atoms with Crippen LogP contribution in [0.25, 0.3) is 22.3 Å². The maximum absolute atomic E-state index is 13.3. The molecule has 0 atom stereocenters. The summed E-state index contributed by atoms with van der Waals surface area (Å²) in [5.74, 6) is -0.617. The predicted octanol–water partition coefficient (Wildman–Crippen LogP) is 6.50. The van der Waals surface area contributed by atoms with E-state index in [1.807, 2.05) is 41.8 Å². The molecule has 0 bridgehead atoms. The molecule has 39 heavy (non-hydrogen) atoms. The van der Waals surface area contributed by atoms with Gasteiger partial charge in [0.2, 0.25) is 5.82 Å². The highest BCUT2D eigenvalue weighted by molar-refractivity contribution is 5.95. The van der Waals surface area contributed by atoms with Crippen molar-refractivity contribution in [3.63, 3.8) is 0 Å². The zero-order valence-electron chi connectivity index (χ0n) is 21.3. The van der Waals surface area contributed by atoms with Crippen molar-refractivity contribution >= 4 is 28.5 Å². The summed E-state index contributed by atoms with van der Waals surface area (Å²) in [6, 6.07) is 13.0. The number of nitrogens with zero attached hydrogens (tertiary/aromatic N) is 3. The van der Waals surface area contributed by atoms with Gasteiger partial charge >= 0.3 is 12.1 Å². The molecule has 0 unspecified atom stereocenters. The molecule has 4 aromatic rings. The number of aromatic nitrogens is 3. The number of hydrogen-bond acceptors (Lipinski definition) is 5. The normalized spacial score (nSPS) is 16.7. The molecule has 6 rings (SSSR count). The molecule has 2 aliphatic carbocycles. The van der Waals surface area contributed by atoms with Crippen molar-refractivity contribution in [1.29, 1.82) is 0 Å². The maximum atomic E-state index is 13.3. The van der Waals surface area contributed by atoms with Gasteiger partial charge in [0.25, 0.3) is 0 Å². The number of nitrogens with one attached hydrogen (secondary N) is 1. The minimum Gasteiger partial charge on any atom is -0.475 e. The number of halogens is 3. The van der Waals surface area contributed by atoms with Crippen LogP contribution in [0.4, 0.5) is 24.7 Å². The van der Waals surface area contributed by atoms with Crippen molar-refractivity contribution in [2.45, 2.75) is 57.3 Å². The van der Waals surface area contributed by atoms with E-state index >= 15 is 0 Å². The van der Waals surface area contributed by atoms with Crippen LogP contribution >= 0.6 is 0 Å². The van der Waals surface area contributed by atoms with Crippen LogP contribution in [0.5, 0.6) is 0 Å². The Morgan fingerprint density at radius 2 is 1.92 bits per heavy atom. The summed E-state index contributed by atoms with van der Waals surface area (Å²) in [7, 11) is 0. The van der Waals surface area contributed by atoms with Crippen molar-refractivity contribution in [2.75, 3.05) is 11.1 Å². The third-order valence-corrected chi connectivity index (χ3v) is 8.09. The SMILES string of the molecule is Cc1cccc(-c2cc3nc(C(=O)O)nc(NC4(C5CCC5)CC4)c3n2Cc2ccc(C(F)(F)F)cc2N)c1. The molecular formula is C29H28F3N5O2. The number of nitrogens with two attached hydrogens (primary N) is 1. The second-order valence-corrected chi connectivity index (χ2v) is 10.7. The molecule has 2 fully saturated rings.